The third kappa shape index (κ3) is 2.91. The molecule has 2 heteroatoms. The highest BCUT2D eigenvalue weighted by molar-refractivity contribution is 5.45. The molecule has 25 heavy (non-hydrogen) atoms. The van der Waals surface area contributed by atoms with E-state index in [9.17, 15) is 0 Å². The van der Waals surface area contributed by atoms with E-state index in [1.54, 1.807) is 18.2 Å². The van der Waals surface area contributed by atoms with Crippen molar-refractivity contribution in [3.05, 3.63) is 29.3 Å². The molecule has 0 N–H and O–H groups in total. The first-order valence-corrected chi connectivity index (χ1v) is 10.6. The highest BCUT2D eigenvalue weighted by Crippen LogP contribution is 2.56. The van der Waals surface area contributed by atoms with Gasteiger partial charge >= 0.3 is 0 Å². The van der Waals surface area contributed by atoms with E-state index in [0.717, 1.165) is 23.6 Å². The average Bonchev–Trinajstić information content (AvgIpc) is 2.66. The van der Waals surface area contributed by atoms with Crippen molar-refractivity contribution in [2.24, 2.45) is 11.8 Å². The summed E-state index contributed by atoms with van der Waals surface area (Å²) < 4.78 is 5.58. The van der Waals surface area contributed by atoms with Gasteiger partial charge in [-0.15, -0.1) is 0 Å². The Labute approximate surface area is 153 Å². The van der Waals surface area contributed by atoms with Crippen molar-refractivity contribution in [3.8, 4) is 5.75 Å². The Morgan fingerprint density at radius 3 is 2.96 bits per heavy atom. The number of likely N-dealkylation sites (tertiary alicyclic amines) is 1. The van der Waals surface area contributed by atoms with Crippen molar-refractivity contribution in [3.63, 3.8) is 0 Å². The maximum absolute atomic E-state index is 5.58. The van der Waals surface area contributed by atoms with Gasteiger partial charge in [0, 0.05) is 11.5 Å². The standard InChI is InChI=1S/C23H35NO/c1-4-17(2)10-13-24-14-12-23-11-6-5-7-20(23)22(24)15-18-8-9-19(25-3)16-21(18)23/h8-9,16-17,20,22H,4-7,10-15H2,1-3H3/t17?,20-,22+,23+/m0/s1. The summed E-state index contributed by atoms with van der Waals surface area (Å²) in [6, 6.07) is 7.71. The Bertz CT molecular complexity index is 612. The molecule has 0 radical (unpaired) electrons. The van der Waals surface area contributed by atoms with Gasteiger partial charge in [0.25, 0.3) is 0 Å². The zero-order valence-electron chi connectivity index (χ0n) is 16.4. The van der Waals surface area contributed by atoms with E-state index in [0.29, 0.717) is 5.41 Å². The monoisotopic (exact) mass is 341 g/mol. The minimum atomic E-state index is 0.442. The first-order valence-electron chi connectivity index (χ1n) is 10.6. The van der Waals surface area contributed by atoms with Crippen LogP contribution >= 0.6 is 0 Å². The molecule has 1 unspecified atom stereocenters. The summed E-state index contributed by atoms with van der Waals surface area (Å²) in [5.41, 5.74) is 3.70. The van der Waals surface area contributed by atoms with Crippen molar-refractivity contribution in [2.45, 2.75) is 76.7 Å². The molecule has 2 fully saturated rings. The van der Waals surface area contributed by atoms with Crippen LogP contribution in [0, 0.1) is 11.8 Å². The Balaban J connectivity index is 1.66. The minimum Gasteiger partial charge on any atom is -0.497 e. The van der Waals surface area contributed by atoms with Crippen LogP contribution in [0.4, 0.5) is 0 Å². The molecule has 1 saturated heterocycles. The molecular weight excluding hydrogens is 306 g/mol. The lowest BCUT2D eigenvalue weighted by Gasteiger charge is -2.59. The maximum atomic E-state index is 5.58. The SMILES string of the molecule is CCC(C)CCN1CC[C@]23CCCC[C@H]2[C@H]1Cc1ccc(OC)cc13. The van der Waals surface area contributed by atoms with E-state index < -0.39 is 0 Å². The molecule has 2 bridgehead atoms. The number of ether oxygens (including phenoxy) is 1. The molecule has 1 aliphatic heterocycles. The second-order valence-electron chi connectivity index (χ2n) is 8.89. The van der Waals surface area contributed by atoms with Gasteiger partial charge in [0.2, 0.25) is 0 Å². The molecule has 0 aromatic heterocycles. The fourth-order valence-corrected chi connectivity index (χ4v) is 6.06. The minimum absolute atomic E-state index is 0.442. The molecule has 1 aromatic carbocycles. The lowest BCUT2D eigenvalue weighted by molar-refractivity contribution is -0.0134. The van der Waals surface area contributed by atoms with Crippen LogP contribution < -0.4 is 4.74 Å². The predicted molar refractivity (Wildman–Crippen MR) is 104 cm³/mol. The number of piperidine rings is 1. The highest BCUT2D eigenvalue weighted by Gasteiger charge is 2.53. The van der Waals surface area contributed by atoms with E-state index in [1.165, 1.54) is 64.5 Å². The van der Waals surface area contributed by atoms with Crippen LogP contribution in [0.2, 0.25) is 0 Å². The van der Waals surface area contributed by atoms with Crippen LogP contribution in [-0.2, 0) is 11.8 Å². The van der Waals surface area contributed by atoms with Crippen molar-refractivity contribution in [1.29, 1.82) is 0 Å². The van der Waals surface area contributed by atoms with Gasteiger partial charge in [-0.3, -0.25) is 4.90 Å². The zero-order valence-corrected chi connectivity index (χ0v) is 16.4. The first-order chi connectivity index (χ1) is 12.2. The van der Waals surface area contributed by atoms with Gasteiger partial charge in [0.1, 0.15) is 5.75 Å². The number of rotatable bonds is 5. The molecule has 0 amide bonds. The number of nitrogens with zero attached hydrogens (tertiary/aromatic N) is 1. The molecular formula is C23H35NO. The Morgan fingerprint density at radius 2 is 2.16 bits per heavy atom. The molecule has 1 aromatic rings. The van der Waals surface area contributed by atoms with Crippen molar-refractivity contribution in [1.82, 2.24) is 4.90 Å². The summed E-state index contributed by atoms with van der Waals surface area (Å²) in [6.07, 6.45) is 11.0. The smallest absolute Gasteiger partial charge is 0.119 e. The van der Waals surface area contributed by atoms with E-state index >= 15 is 0 Å². The summed E-state index contributed by atoms with van der Waals surface area (Å²) in [7, 11) is 1.81. The Hall–Kier alpha value is -1.02. The molecule has 4 rings (SSSR count). The number of fused-ring (bicyclic) bond motifs is 1. The molecule has 1 heterocycles. The van der Waals surface area contributed by atoms with Crippen LogP contribution in [0.3, 0.4) is 0 Å². The van der Waals surface area contributed by atoms with Crippen molar-refractivity contribution >= 4 is 0 Å². The maximum Gasteiger partial charge on any atom is 0.119 e. The second kappa shape index (κ2) is 6.95. The van der Waals surface area contributed by atoms with Crippen molar-refractivity contribution < 1.29 is 4.74 Å². The van der Waals surface area contributed by atoms with Gasteiger partial charge in [-0.25, -0.2) is 0 Å². The van der Waals surface area contributed by atoms with Gasteiger partial charge in [-0.1, -0.05) is 39.2 Å². The normalized spacial score (nSPS) is 32.6. The van der Waals surface area contributed by atoms with Gasteiger partial charge in [-0.05, 0) is 80.3 Å². The molecule has 3 aliphatic rings. The fourth-order valence-electron chi connectivity index (χ4n) is 6.06. The van der Waals surface area contributed by atoms with E-state index in [4.69, 9.17) is 4.74 Å². The average molecular weight is 342 g/mol. The molecule has 2 nitrogen and oxygen atoms in total. The first kappa shape index (κ1) is 17.4. The van der Waals surface area contributed by atoms with Crippen molar-refractivity contribution in [2.75, 3.05) is 20.2 Å². The summed E-state index contributed by atoms with van der Waals surface area (Å²) in [5, 5.41) is 0. The lowest BCUT2D eigenvalue weighted by atomic mass is 9.52. The fraction of sp³-hybridized carbons (Fsp3) is 0.739. The Morgan fingerprint density at radius 1 is 1.28 bits per heavy atom. The molecule has 2 aliphatic carbocycles. The zero-order chi connectivity index (χ0) is 17.4. The summed E-state index contributed by atoms with van der Waals surface area (Å²) in [5.74, 6) is 2.78. The predicted octanol–water partition coefficient (Wildman–Crippen LogP) is 5.19. The largest absolute Gasteiger partial charge is 0.497 e. The number of benzene rings is 1. The van der Waals surface area contributed by atoms with Crippen LogP contribution in [0.1, 0.15) is 69.9 Å². The third-order valence-electron chi connectivity index (χ3n) is 7.76. The molecule has 138 valence electrons. The lowest BCUT2D eigenvalue weighted by Crippen LogP contribution is -2.61. The van der Waals surface area contributed by atoms with Gasteiger partial charge in [0.15, 0.2) is 0 Å². The second-order valence-corrected chi connectivity index (χ2v) is 8.89. The quantitative estimate of drug-likeness (QED) is 0.731. The Kier molecular flexibility index (Phi) is 4.83. The van der Waals surface area contributed by atoms with Gasteiger partial charge in [-0.2, -0.15) is 0 Å². The van der Waals surface area contributed by atoms with Crippen LogP contribution in [0.15, 0.2) is 18.2 Å². The molecule has 1 saturated carbocycles. The highest BCUT2D eigenvalue weighted by atomic mass is 16.5. The third-order valence-corrected chi connectivity index (χ3v) is 7.76. The summed E-state index contributed by atoms with van der Waals surface area (Å²) in [6.45, 7) is 7.35. The molecule has 0 spiro atoms. The van der Waals surface area contributed by atoms with E-state index in [2.05, 4.69) is 36.9 Å². The number of hydrogen-bond acceptors (Lipinski definition) is 2. The van der Waals surface area contributed by atoms with Crippen LogP contribution in [0.5, 0.6) is 5.75 Å². The molecule has 4 atom stereocenters. The van der Waals surface area contributed by atoms with Crippen LogP contribution in [0.25, 0.3) is 0 Å². The summed E-state index contributed by atoms with van der Waals surface area (Å²) in [4.78, 5) is 2.87. The van der Waals surface area contributed by atoms with Gasteiger partial charge in [0.05, 0.1) is 7.11 Å². The van der Waals surface area contributed by atoms with Crippen LogP contribution in [-0.4, -0.2) is 31.1 Å². The van der Waals surface area contributed by atoms with E-state index in [-0.39, 0.29) is 0 Å². The number of methoxy groups -OCH3 is 1. The topological polar surface area (TPSA) is 12.5 Å². The summed E-state index contributed by atoms with van der Waals surface area (Å²) >= 11 is 0. The number of hydrogen-bond donors (Lipinski definition) is 0. The van der Waals surface area contributed by atoms with Gasteiger partial charge < -0.3 is 4.74 Å². The van der Waals surface area contributed by atoms with E-state index in [1.807, 2.05) is 0 Å².